The van der Waals surface area contributed by atoms with Crippen LogP contribution in [0.15, 0.2) is 0 Å². The Morgan fingerprint density at radius 2 is 0.577 bits per heavy atom. The van der Waals surface area contributed by atoms with Crippen LogP contribution < -0.4 is 0 Å². The predicted molar refractivity (Wildman–Crippen MR) is 160 cm³/mol. The molecule has 21 nitrogen and oxygen atoms in total. The number of carbonyl (C=O) groups is 8. The molecule has 0 aliphatic carbocycles. The van der Waals surface area contributed by atoms with E-state index in [9.17, 15) is 38.4 Å². The molecule has 0 amide bonds. The average molecular weight is 751 g/mol. The number of rotatable bonds is 12. The number of ether oxygens (including phenoxy) is 13. The van der Waals surface area contributed by atoms with Gasteiger partial charge >= 0.3 is 47.8 Å². The van der Waals surface area contributed by atoms with Crippen LogP contribution in [0, 0.1) is 0 Å². The largest absolute Gasteiger partial charge is 0.456 e. The highest BCUT2D eigenvalue weighted by Gasteiger charge is 2.55. The van der Waals surface area contributed by atoms with Gasteiger partial charge in [0.05, 0.1) is 19.8 Å². The topological polar surface area (TPSA) is 257 Å². The minimum Gasteiger partial charge on any atom is -0.456 e. The van der Waals surface area contributed by atoms with Gasteiger partial charge in [-0.2, -0.15) is 0 Å². The molecular formula is C31H42O21. The third kappa shape index (κ3) is 12.1. The predicted octanol–water partition coefficient (Wildman–Crippen LogP) is -1.09. The molecule has 3 aliphatic rings. The summed E-state index contributed by atoms with van der Waals surface area (Å²) in [7, 11) is 0. The van der Waals surface area contributed by atoms with Gasteiger partial charge in [-0.15, -0.1) is 0 Å². The van der Waals surface area contributed by atoms with Crippen LogP contribution in [0.3, 0.4) is 0 Å². The van der Waals surface area contributed by atoms with Gasteiger partial charge in [-0.25, -0.2) is 0 Å². The Labute approximate surface area is 296 Å². The Balaban J connectivity index is 1.96. The van der Waals surface area contributed by atoms with Crippen LogP contribution in [0.25, 0.3) is 0 Å². The third-order valence-corrected chi connectivity index (χ3v) is 7.18. The Bertz CT molecular complexity index is 1250. The molecule has 0 saturated carbocycles. The first-order valence-electron chi connectivity index (χ1n) is 15.9. The minimum atomic E-state index is -1.62. The molecule has 52 heavy (non-hydrogen) atoms. The maximum atomic E-state index is 12.4. The first-order valence-corrected chi connectivity index (χ1v) is 15.9. The maximum absolute atomic E-state index is 12.4. The Morgan fingerprint density at radius 1 is 0.327 bits per heavy atom. The zero-order chi connectivity index (χ0) is 38.9. The first-order chi connectivity index (χ1) is 24.4. The summed E-state index contributed by atoms with van der Waals surface area (Å²) in [6.45, 7) is 7.18. The van der Waals surface area contributed by atoms with Crippen LogP contribution >= 0.6 is 0 Å². The van der Waals surface area contributed by atoms with E-state index in [0.717, 1.165) is 55.4 Å². The lowest BCUT2D eigenvalue weighted by Crippen LogP contribution is -2.64. The second-order valence-corrected chi connectivity index (χ2v) is 11.7. The molecule has 3 heterocycles. The fourth-order valence-electron chi connectivity index (χ4n) is 5.57. The van der Waals surface area contributed by atoms with Gasteiger partial charge in [0.1, 0.15) is 12.2 Å². The summed E-state index contributed by atoms with van der Waals surface area (Å²) in [5, 5.41) is 0. The fraction of sp³-hybridized carbons (Fsp3) is 0.742. The molecule has 3 rings (SSSR count). The van der Waals surface area contributed by atoms with Crippen LogP contribution in [-0.4, -0.2) is 141 Å². The SMILES string of the molecule is CC(=O)O[C@H]1OC[C@H](O[C@H]2OC[C@H](O[C@H]3OC[C@H](OC(C)=O)[C@@H](OC(C)=O)[C@@H]3OC(C)=O)[C@@H](OC(C)=O)[C@@H]2OC(C)=O)[C@@H](OC(C)=O)[C@@H]1OC(C)=O. The van der Waals surface area contributed by atoms with Gasteiger partial charge in [0.2, 0.25) is 12.4 Å². The van der Waals surface area contributed by atoms with E-state index in [1.165, 1.54) is 0 Å². The van der Waals surface area contributed by atoms with E-state index in [4.69, 9.17) is 61.6 Å². The van der Waals surface area contributed by atoms with E-state index >= 15 is 0 Å². The van der Waals surface area contributed by atoms with Crippen molar-refractivity contribution < 1.29 is 99.9 Å². The van der Waals surface area contributed by atoms with Crippen molar-refractivity contribution in [2.75, 3.05) is 19.8 Å². The normalized spacial score (nSPS) is 32.9. The highest BCUT2D eigenvalue weighted by Crippen LogP contribution is 2.33. The van der Waals surface area contributed by atoms with Crippen molar-refractivity contribution in [2.24, 2.45) is 0 Å². The van der Waals surface area contributed by atoms with E-state index < -0.39 is 141 Å². The van der Waals surface area contributed by atoms with Gasteiger partial charge in [0.15, 0.2) is 49.2 Å². The molecule has 0 unspecified atom stereocenters. The van der Waals surface area contributed by atoms with Crippen LogP contribution in [-0.2, 0) is 99.9 Å². The monoisotopic (exact) mass is 750 g/mol. The van der Waals surface area contributed by atoms with Gasteiger partial charge in [-0.05, 0) is 0 Å². The van der Waals surface area contributed by atoms with Gasteiger partial charge < -0.3 is 61.6 Å². The summed E-state index contributed by atoms with van der Waals surface area (Å²) in [6.07, 6.45) is -17.7. The standard InChI is InChI=1S/C31H42O21/c1-12(32)43-20-9-41-30(27(48-17(6)37)23(20)44-13(2)33)52-22-11-42-31(28(49-18(7)38)25(22)46-15(4)35)51-21-10-40-29(50-19(8)39)26(47-16(5)36)24(21)45-14(3)34/h20-31H,9-11H2,1-8H3/t20-,21-,22-,23+,24+,25+,26-,27-,28-,29+,30+,31+/m0/s1. The zero-order valence-electron chi connectivity index (χ0n) is 29.6. The van der Waals surface area contributed by atoms with Crippen LogP contribution in [0.1, 0.15) is 55.4 Å². The van der Waals surface area contributed by atoms with Crippen molar-refractivity contribution in [3.8, 4) is 0 Å². The highest BCUT2D eigenvalue weighted by atomic mass is 16.8. The summed E-state index contributed by atoms with van der Waals surface area (Å²) in [6, 6.07) is 0. The Morgan fingerprint density at radius 3 is 0.904 bits per heavy atom. The molecule has 12 atom stereocenters. The van der Waals surface area contributed by atoms with Crippen molar-refractivity contribution in [3.05, 3.63) is 0 Å². The Kier molecular flexibility index (Phi) is 15.2. The fourth-order valence-corrected chi connectivity index (χ4v) is 5.57. The summed E-state index contributed by atoms with van der Waals surface area (Å²) >= 11 is 0. The van der Waals surface area contributed by atoms with Gasteiger partial charge in [0, 0.05) is 55.4 Å². The molecule has 0 aromatic rings. The van der Waals surface area contributed by atoms with Crippen molar-refractivity contribution in [1.29, 1.82) is 0 Å². The summed E-state index contributed by atoms with van der Waals surface area (Å²) in [5.41, 5.74) is 0. The molecule has 0 radical (unpaired) electrons. The smallest absolute Gasteiger partial charge is 0.305 e. The van der Waals surface area contributed by atoms with E-state index in [0.29, 0.717) is 0 Å². The van der Waals surface area contributed by atoms with Crippen LogP contribution in [0.2, 0.25) is 0 Å². The molecule has 0 spiro atoms. The second kappa shape index (κ2) is 18.9. The van der Waals surface area contributed by atoms with Crippen molar-refractivity contribution in [1.82, 2.24) is 0 Å². The minimum absolute atomic E-state index is 0.401. The molecule has 0 aromatic carbocycles. The first kappa shape index (κ1) is 42.0. The third-order valence-electron chi connectivity index (χ3n) is 7.18. The molecule has 0 aromatic heterocycles. The molecule has 292 valence electrons. The molecule has 0 bridgehead atoms. The molecule has 0 N–H and O–H groups in total. The average Bonchev–Trinajstić information content (AvgIpc) is 2.99. The summed E-state index contributed by atoms with van der Waals surface area (Å²) in [4.78, 5) is 96.5. The van der Waals surface area contributed by atoms with E-state index in [1.54, 1.807) is 0 Å². The maximum Gasteiger partial charge on any atom is 0.305 e. The number of esters is 8. The second-order valence-electron chi connectivity index (χ2n) is 11.7. The number of hydrogen-bond donors (Lipinski definition) is 0. The van der Waals surface area contributed by atoms with Crippen molar-refractivity contribution in [2.45, 2.75) is 129 Å². The molecule has 21 heteroatoms. The zero-order valence-corrected chi connectivity index (χ0v) is 29.6. The van der Waals surface area contributed by atoms with E-state index in [1.807, 2.05) is 0 Å². The van der Waals surface area contributed by atoms with E-state index in [-0.39, 0.29) is 0 Å². The Hall–Kier alpha value is -4.44. The molecular weight excluding hydrogens is 708 g/mol. The lowest BCUT2D eigenvalue weighted by Gasteiger charge is -2.46. The lowest BCUT2D eigenvalue weighted by atomic mass is 10.0. The van der Waals surface area contributed by atoms with Gasteiger partial charge in [-0.1, -0.05) is 0 Å². The van der Waals surface area contributed by atoms with Crippen LogP contribution in [0.5, 0.6) is 0 Å². The van der Waals surface area contributed by atoms with Gasteiger partial charge in [-0.3, -0.25) is 38.4 Å². The van der Waals surface area contributed by atoms with Crippen molar-refractivity contribution in [3.63, 3.8) is 0 Å². The van der Waals surface area contributed by atoms with Gasteiger partial charge in [0.25, 0.3) is 0 Å². The summed E-state index contributed by atoms with van der Waals surface area (Å²) < 4.78 is 72.1. The molecule has 3 fully saturated rings. The number of hydrogen-bond acceptors (Lipinski definition) is 21. The molecule has 3 saturated heterocycles. The lowest BCUT2D eigenvalue weighted by molar-refractivity contribution is -0.349. The molecule has 3 aliphatic heterocycles. The summed E-state index contributed by atoms with van der Waals surface area (Å²) in [5.74, 6) is -6.69. The van der Waals surface area contributed by atoms with Crippen molar-refractivity contribution >= 4 is 47.8 Å². The van der Waals surface area contributed by atoms with Crippen LogP contribution in [0.4, 0.5) is 0 Å². The highest BCUT2D eigenvalue weighted by molar-refractivity contribution is 5.70. The van der Waals surface area contributed by atoms with E-state index in [2.05, 4.69) is 0 Å². The number of carbonyl (C=O) groups excluding carboxylic acids is 8. The quantitative estimate of drug-likeness (QED) is 0.170.